The predicted octanol–water partition coefficient (Wildman–Crippen LogP) is 3.91. The van der Waals surface area contributed by atoms with Gasteiger partial charge < -0.3 is 30.0 Å². The fourth-order valence-electron chi connectivity index (χ4n) is 4.41. The number of hydrogen-bond acceptors (Lipinski definition) is 8. The minimum Gasteiger partial charge on any atom is -0.494 e. The number of carbonyl (C=O) groups excluding carboxylic acids is 3. The highest BCUT2D eigenvalue weighted by atomic mass is 32.2. The molecule has 0 aliphatic carbocycles. The zero-order valence-electron chi connectivity index (χ0n) is 24.8. The molecule has 43 heavy (non-hydrogen) atoms. The molecule has 0 aromatic heterocycles. The summed E-state index contributed by atoms with van der Waals surface area (Å²) in [6.45, 7) is 6.86. The second kappa shape index (κ2) is 17.3. The van der Waals surface area contributed by atoms with Crippen LogP contribution in [-0.4, -0.2) is 66.4 Å². The molecule has 3 rings (SSSR count). The first-order valence-electron chi connectivity index (χ1n) is 14.4. The number of ketones is 1. The number of carboxylic acid groups (broad SMARTS) is 1. The third kappa shape index (κ3) is 11.4. The lowest BCUT2D eigenvalue weighted by Crippen LogP contribution is -2.50. The van der Waals surface area contributed by atoms with Crippen molar-refractivity contribution in [2.45, 2.75) is 57.9 Å². The number of ether oxygens (including phenoxy) is 3. The molecule has 232 valence electrons. The first-order chi connectivity index (χ1) is 20.7. The molecule has 2 amide bonds. The fourth-order valence-corrected chi connectivity index (χ4v) is 5.28. The molecule has 1 fully saturated rings. The van der Waals surface area contributed by atoms with E-state index >= 15 is 0 Å². The lowest BCUT2D eigenvalue weighted by Gasteiger charge is -2.23. The van der Waals surface area contributed by atoms with Gasteiger partial charge in [0, 0.05) is 17.9 Å². The van der Waals surface area contributed by atoms with Gasteiger partial charge >= 0.3 is 5.97 Å². The number of benzene rings is 2. The van der Waals surface area contributed by atoms with Crippen molar-refractivity contribution in [1.29, 1.82) is 0 Å². The standard InChI is InChI=1S/C32H40N2O8S/c1-4-40-28-13-12-24(42-18-25-11-8-14-41-25)15-23(28)16-29(36)34-31(21(2)3)32(39)33-26(17-30(37)38)27(35)20-43-19-22-9-6-5-7-10-22/h5-7,9-10,12-13,15,17,21,25,31H,4,8,11,14,16,18-20H2,1-3H3,(H,33,39)(H,34,36)(H,37,38)/t25?,31-/m0/s1. The Morgan fingerprint density at radius 1 is 1.12 bits per heavy atom. The number of thioether (sulfide) groups is 1. The van der Waals surface area contributed by atoms with Crippen molar-refractivity contribution < 1.29 is 38.5 Å². The van der Waals surface area contributed by atoms with Crippen LogP contribution >= 0.6 is 11.8 Å². The Morgan fingerprint density at radius 2 is 1.88 bits per heavy atom. The van der Waals surface area contributed by atoms with Crippen LogP contribution in [0, 0.1) is 5.92 Å². The average Bonchev–Trinajstić information content (AvgIpc) is 3.49. The van der Waals surface area contributed by atoms with Crippen LogP contribution in [0.5, 0.6) is 11.5 Å². The summed E-state index contributed by atoms with van der Waals surface area (Å²) in [6.07, 6.45) is 2.57. The van der Waals surface area contributed by atoms with Gasteiger partial charge in [-0.15, -0.1) is 11.8 Å². The largest absolute Gasteiger partial charge is 0.494 e. The van der Waals surface area contributed by atoms with E-state index in [4.69, 9.17) is 14.2 Å². The van der Waals surface area contributed by atoms with Gasteiger partial charge in [0.2, 0.25) is 11.8 Å². The Balaban J connectivity index is 1.64. The van der Waals surface area contributed by atoms with Crippen LogP contribution in [0.3, 0.4) is 0 Å². The number of rotatable bonds is 17. The number of aliphatic carboxylic acids is 1. The zero-order chi connectivity index (χ0) is 31.2. The second-order valence-corrected chi connectivity index (χ2v) is 11.4. The number of carbonyl (C=O) groups is 4. The highest BCUT2D eigenvalue weighted by molar-refractivity contribution is 7.99. The number of nitrogens with one attached hydrogen (secondary N) is 2. The first-order valence-corrected chi connectivity index (χ1v) is 15.5. The molecular weight excluding hydrogens is 572 g/mol. The van der Waals surface area contributed by atoms with E-state index in [-0.39, 0.29) is 29.9 Å². The Labute approximate surface area is 256 Å². The van der Waals surface area contributed by atoms with Crippen molar-refractivity contribution in [2.24, 2.45) is 5.92 Å². The quantitative estimate of drug-likeness (QED) is 0.227. The molecule has 1 unspecified atom stereocenters. The molecule has 11 heteroatoms. The summed E-state index contributed by atoms with van der Waals surface area (Å²) in [7, 11) is 0. The molecule has 2 aromatic carbocycles. The van der Waals surface area contributed by atoms with Crippen molar-refractivity contribution in [1.82, 2.24) is 10.6 Å². The molecule has 1 heterocycles. The van der Waals surface area contributed by atoms with Crippen LogP contribution < -0.4 is 20.1 Å². The number of carboxylic acids is 1. The summed E-state index contributed by atoms with van der Waals surface area (Å²) < 4.78 is 17.2. The third-order valence-electron chi connectivity index (χ3n) is 6.58. The number of amides is 2. The fraction of sp³-hybridized carbons (Fsp3) is 0.438. The normalized spacial score (nSPS) is 15.5. The van der Waals surface area contributed by atoms with E-state index in [1.54, 1.807) is 32.0 Å². The second-order valence-electron chi connectivity index (χ2n) is 10.4. The molecule has 0 spiro atoms. The minimum atomic E-state index is -1.37. The maximum atomic E-state index is 13.2. The van der Waals surface area contributed by atoms with E-state index in [0.29, 0.717) is 42.1 Å². The molecule has 1 saturated heterocycles. The lowest BCUT2D eigenvalue weighted by atomic mass is 10.0. The predicted molar refractivity (Wildman–Crippen MR) is 164 cm³/mol. The molecule has 1 aliphatic heterocycles. The van der Waals surface area contributed by atoms with Gasteiger partial charge in [-0.3, -0.25) is 14.4 Å². The molecular formula is C32H40N2O8S. The Hall–Kier alpha value is -3.83. The van der Waals surface area contributed by atoms with Gasteiger partial charge in [0.05, 0.1) is 36.7 Å². The van der Waals surface area contributed by atoms with Crippen molar-refractivity contribution in [3.8, 4) is 11.5 Å². The van der Waals surface area contributed by atoms with E-state index < -0.39 is 29.6 Å². The summed E-state index contributed by atoms with van der Waals surface area (Å²) in [5, 5.41) is 14.5. The van der Waals surface area contributed by atoms with E-state index in [2.05, 4.69) is 10.6 Å². The van der Waals surface area contributed by atoms with E-state index in [9.17, 15) is 24.3 Å². The summed E-state index contributed by atoms with van der Waals surface area (Å²) in [6, 6.07) is 13.8. The number of Topliss-reactive ketones (excluding diaryl/α,β-unsaturated/α-hetero) is 1. The van der Waals surface area contributed by atoms with Crippen LogP contribution in [0.4, 0.5) is 0 Å². The van der Waals surface area contributed by atoms with Gasteiger partial charge in [-0.25, -0.2) is 4.79 Å². The first kappa shape index (κ1) is 33.7. The lowest BCUT2D eigenvalue weighted by molar-refractivity contribution is -0.132. The molecule has 0 saturated carbocycles. The SMILES string of the molecule is CCOc1ccc(OCC2CCCO2)cc1CC(=O)N[C@H](C(=O)NC(=CC(=O)O)C(=O)CSCc1ccccc1)C(C)C. The number of hydrogen-bond donors (Lipinski definition) is 3. The molecule has 2 aromatic rings. The van der Waals surface area contributed by atoms with Gasteiger partial charge in [0.15, 0.2) is 5.78 Å². The topological polar surface area (TPSA) is 140 Å². The maximum absolute atomic E-state index is 13.2. The molecule has 10 nitrogen and oxygen atoms in total. The summed E-state index contributed by atoms with van der Waals surface area (Å²) in [5.41, 5.74) is 1.26. The summed E-state index contributed by atoms with van der Waals surface area (Å²) >= 11 is 1.31. The summed E-state index contributed by atoms with van der Waals surface area (Å²) in [4.78, 5) is 50.6. The molecule has 2 atom stereocenters. The van der Waals surface area contributed by atoms with E-state index in [0.717, 1.165) is 25.0 Å². The van der Waals surface area contributed by atoms with Crippen LogP contribution in [0.2, 0.25) is 0 Å². The zero-order valence-corrected chi connectivity index (χ0v) is 25.6. The van der Waals surface area contributed by atoms with Gasteiger partial charge in [-0.1, -0.05) is 44.2 Å². The van der Waals surface area contributed by atoms with E-state index in [1.165, 1.54) is 11.8 Å². The highest BCUT2D eigenvalue weighted by Crippen LogP contribution is 2.26. The Bertz CT molecular complexity index is 1280. The van der Waals surface area contributed by atoms with Crippen LogP contribution in [0.15, 0.2) is 60.3 Å². The number of allylic oxidation sites excluding steroid dienone is 1. The van der Waals surface area contributed by atoms with Gasteiger partial charge in [0.1, 0.15) is 24.1 Å². The van der Waals surface area contributed by atoms with Gasteiger partial charge in [-0.2, -0.15) is 0 Å². The third-order valence-corrected chi connectivity index (χ3v) is 7.58. The Morgan fingerprint density at radius 3 is 2.53 bits per heavy atom. The van der Waals surface area contributed by atoms with Gasteiger partial charge in [0.25, 0.3) is 0 Å². The van der Waals surface area contributed by atoms with Crippen LogP contribution in [-0.2, 0) is 36.1 Å². The average molecular weight is 613 g/mol. The smallest absolute Gasteiger partial charge is 0.330 e. The van der Waals surface area contributed by atoms with Crippen molar-refractivity contribution in [2.75, 3.05) is 25.6 Å². The van der Waals surface area contributed by atoms with Crippen LogP contribution in [0.25, 0.3) is 0 Å². The monoisotopic (exact) mass is 612 g/mol. The maximum Gasteiger partial charge on any atom is 0.330 e. The molecule has 0 bridgehead atoms. The van der Waals surface area contributed by atoms with Crippen molar-refractivity contribution in [3.63, 3.8) is 0 Å². The molecule has 1 aliphatic rings. The van der Waals surface area contributed by atoms with Crippen molar-refractivity contribution in [3.05, 3.63) is 71.4 Å². The van der Waals surface area contributed by atoms with Crippen LogP contribution in [0.1, 0.15) is 44.7 Å². The highest BCUT2D eigenvalue weighted by Gasteiger charge is 2.27. The van der Waals surface area contributed by atoms with Crippen molar-refractivity contribution >= 4 is 35.3 Å². The van der Waals surface area contributed by atoms with E-state index in [1.807, 2.05) is 37.3 Å². The minimum absolute atomic E-state index is 0.0293. The Kier molecular flexibility index (Phi) is 13.6. The summed E-state index contributed by atoms with van der Waals surface area (Å²) in [5.74, 6) is -1.77. The molecule has 3 N–H and O–H groups in total. The molecule has 0 radical (unpaired) electrons. The van der Waals surface area contributed by atoms with Gasteiger partial charge in [-0.05, 0) is 49.4 Å².